The first-order valence-electron chi connectivity index (χ1n) is 5.28. The Labute approximate surface area is 112 Å². The summed E-state index contributed by atoms with van der Waals surface area (Å²) in [6.45, 7) is 2.37. The van der Waals surface area contributed by atoms with E-state index in [1.807, 2.05) is 0 Å². The molecule has 0 unspecified atom stereocenters. The predicted molar refractivity (Wildman–Crippen MR) is 67.5 cm³/mol. The molecule has 2 aromatic heterocycles. The van der Waals surface area contributed by atoms with Gasteiger partial charge in [-0.1, -0.05) is 5.16 Å². The Bertz CT molecular complexity index is 531. The third-order valence-electron chi connectivity index (χ3n) is 2.11. The highest BCUT2D eigenvalue weighted by Crippen LogP contribution is 2.21. The van der Waals surface area contributed by atoms with Gasteiger partial charge in [0.15, 0.2) is 5.82 Å². The summed E-state index contributed by atoms with van der Waals surface area (Å²) in [6.07, 6.45) is 2.27. The minimum Gasteiger partial charge on any atom is -0.480 e. The van der Waals surface area contributed by atoms with Gasteiger partial charge in [0.1, 0.15) is 0 Å². The van der Waals surface area contributed by atoms with E-state index in [-0.39, 0.29) is 0 Å². The van der Waals surface area contributed by atoms with Gasteiger partial charge in [-0.15, -0.1) is 0 Å². The zero-order valence-corrected chi connectivity index (χ0v) is 11.6. The number of hydrogen-bond acceptors (Lipinski definition) is 7. The fraction of sp³-hybridized carbons (Fsp3) is 0.400. The predicted octanol–water partition coefficient (Wildman–Crippen LogP) is 1.59. The van der Waals surface area contributed by atoms with Crippen LogP contribution in [0.1, 0.15) is 11.7 Å². The highest BCUT2D eigenvalue weighted by atomic mass is 79.9. The van der Waals surface area contributed by atoms with Gasteiger partial charge in [0.2, 0.25) is 17.7 Å². The lowest BCUT2D eigenvalue weighted by atomic mass is 10.4. The van der Waals surface area contributed by atoms with Crippen molar-refractivity contribution < 1.29 is 9.26 Å². The number of aryl methyl sites for hydroxylation is 1. The summed E-state index contributed by atoms with van der Waals surface area (Å²) in [5, 5.41) is 6.86. The zero-order chi connectivity index (χ0) is 13.0. The maximum atomic E-state index is 5.08. The lowest BCUT2D eigenvalue weighted by molar-refractivity contribution is 0.387. The topological polar surface area (TPSA) is 86.0 Å². The normalized spacial score (nSPS) is 10.4. The van der Waals surface area contributed by atoms with E-state index in [4.69, 9.17) is 9.26 Å². The Balaban J connectivity index is 1.90. The number of nitrogens with zero attached hydrogens (tertiary/aromatic N) is 4. The van der Waals surface area contributed by atoms with E-state index in [0.717, 1.165) is 0 Å². The molecule has 0 aliphatic carbocycles. The lowest BCUT2D eigenvalue weighted by Crippen LogP contribution is -2.09. The van der Waals surface area contributed by atoms with Crippen LogP contribution in [0.2, 0.25) is 0 Å². The number of halogens is 1. The number of anilines is 1. The monoisotopic (exact) mass is 313 g/mol. The van der Waals surface area contributed by atoms with Crippen LogP contribution in [0, 0.1) is 6.92 Å². The summed E-state index contributed by atoms with van der Waals surface area (Å²) >= 11 is 3.29. The molecule has 18 heavy (non-hydrogen) atoms. The van der Waals surface area contributed by atoms with E-state index < -0.39 is 0 Å². The minimum absolute atomic E-state index is 0.489. The summed E-state index contributed by atoms with van der Waals surface area (Å²) in [6, 6.07) is 0. The number of nitrogens with one attached hydrogen (secondary N) is 1. The van der Waals surface area contributed by atoms with Gasteiger partial charge in [-0.2, -0.15) is 9.97 Å². The average molecular weight is 314 g/mol. The van der Waals surface area contributed by atoms with Gasteiger partial charge in [0, 0.05) is 19.9 Å². The lowest BCUT2D eigenvalue weighted by Gasteiger charge is -2.05. The second-order valence-electron chi connectivity index (χ2n) is 3.46. The zero-order valence-electron chi connectivity index (χ0n) is 9.97. The summed E-state index contributed by atoms with van der Waals surface area (Å²) in [7, 11) is 1.55. The van der Waals surface area contributed by atoms with Gasteiger partial charge >= 0.3 is 0 Å². The first-order valence-corrected chi connectivity index (χ1v) is 6.08. The van der Waals surface area contributed by atoms with Crippen LogP contribution >= 0.6 is 15.9 Å². The standard InChI is InChI=1S/C10H12BrN5O2/c1-6-14-8(16-18-6)3-4-12-10-13-5-7(11)9(15-10)17-2/h5H,3-4H2,1-2H3,(H,12,13,15). The Kier molecular flexibility index (Phi) is 4.08. The maximum absolute atomic E-state index is 5.08. The van der Waals surface area contributed by atoms with E-state index in [1.165, 1.54) is 0 Å². The molecule has 0 amide bonds. The summed E-state index contributed by atoms with van der Waals surface area (Å²) in [4.78, 5) is 12.4. The van der Waals surface area contributed by atoms with Crippen molar-refractivity contribution in [3.8, 4) is 5.88 Å². The molecular formula is C10H12BrN5O2. The summed E-state index contributed by atoms with van der Waals surface area (Å²) < 4.78 is 10.7. The van der Waals surface area contributed by atoms with Crippen LogP contribution in [0.15, 0.2) is 15.2 Å². The molecule has 0 radical (unpaired) electrons. The van der Waals surface area contributed by atoms with Crippen molar-refractivity contribution in [2.45, 2.75) is 13.3 Å². The average Bonchev–Trinajstić information content (AvgIpc) is 2.77. The van der Waals surface area contributed by atoms with Crippen molar-refractivity contribution >= 4 is 21.9 Å². The largest absolute Gasteiger partial charge is 0.480 e. The molecule has 96 valence electrons. The van der Waals surface area contributed by atoms with Gasteiger partial charge < -0.3 is 14.6 Å². The second-order valence-corrected chi connectivity index (χ2v) is 4.31. The summed E-state index contributed by atoms with van der Waals surface area (Å²) in [5.41, 5.74) is 0. The van der Waals surface area contributed by atoms with Crippen molar-refractivity contribution in [1.82, 2.24) is 20.1 Å². The van der Waals surface area contributed by atoms with Crippen LogP contribution in [-0.4, -0.2) is 33.8 Å². The Morgan fingerprint density at radius 2 is 2.28 bits per heavy atom. The van der Waals surface area contributed by atoms with Gasteiger partial charge in [-0.05, 0) is 15.9 Å². The molecular weight excluding hydrogens is 302 g/mol. The van der Waals surface area contributed by atoms with Gasteiger partial charge in [0.25, 0.3) is 0 Å². The maximum Gasteiger partial charge on any atom is 0.232 e. The number of rotatable bonds is 5. The first-order chi connectivity index (χ1) is 8.69. The van der Waals surface area contributed by atoms with Crippen molar-refractivity contribution in [1.29, 1.82) is 0 Å². The molecule has 2 heterocycles. The van der Waals surface area contributed by atoms with Gasteiger partial charge in [-0.25, -0.2) is 4.98 Å². The Morgan fingerprint density at radius 3 is 2.94 bits per heavy atom. The van der Waals surface area contributed by atoms with E-state index in [2.05, 4.69) is 41.4 Å². The number of hydrogen-bond donors (Lipinski definition) is 1. The molecule has 2 rings (SSSR count). The number of aromatic nitrogens is 4. The van der Waals surface area contributed by atoms with E-state index in [1.54, 1.807) is 20.2 Å². The fourth-order valence-electron chi connectivity index (χ4n) is 1.31. The molecule has 0 saturated heterocycles. The smallest absolute Gasteiger partial charge is 0.232 e. The number of methoxy groups -OCH3 is 1. The molecule has 0 spiro atoms. The SMILES string of the molecule is COc1nc(NCCc2noc(C)n2)ncc1Br. The molecule has 2 aromatic rings. The molecule has 8 heteroatoms. The number of ether oxygens (including phenoxy) is 1. The molecule has 0 aromatic carbocycles. The second kappa shape index (κ2) is 5.76. The van der Waals surface area contributed by atoms with E-state index >= 15 is 0 Å². The van der Waals surface area contributed by atoms with Crippen LogP contribution in [0.5, 0.6) is 5.88 Å². The molecule has 7 nitrogen and oxygen atoms in total. The fourth-order valence-corrected chi connectivity index (χ4v) is 1.66. The van der Waals surface area contributed by atoms with E-state index in [0.29, 0.717) is 41.0 Å². The molecule has 0 fully saturated rings. The third kappa shape index (κ3) is 3.16. The molecule has 0 bridgehead atoms. The van der Waals surface area contributed by atoms with Crippen molar-refractivity contribution in [2.24, 2.45) is 0 Å². The van der Waals surface area contributed by atoms with Crippen LogP contribution < -0.4 is 10.1 Å². The molecule has 0 aliphatic rings. The highest BCUT2D eigenvalue weighted by molar-refractivity contribution is 9.10. The molecule has 0 aliphatic heterocycles. The molecule has 0 saturated carbocycles. The van der Waals surface area contributed by atoms with Crippen LogP contribution in [0.4, 0.5) is 5.95 Å². The Morgan fingerprint density at radius 1 is 1.44 bits per heavy atom. The highest BCUT2D eigenvalue weighted by Gasteiger charge is 2.06. The van der Waals surface area contributed by atoms with Crippen molar-refractivity contribution in [3.05, 3.63) is 22.4 Å². The summed E-state index contributed by atoms with van der Waals surface area (Å²) in [5.74, 6) is 2.20. The van der Waals surface area contributed by atoms with Crippen molar-refractivity contribution in [2.75, 3.05) is 19.0 Å². The van der Waals surface area contributed by atoms with Crippen LogP contribution in [-0.2, 0) is 6.42 Å². The third-order valence-corrected chi connectivity index (χ3v) is 2.65. The Hall–Kier alpha value is -1.70. The molecule has 1 N–H and O–H groups in total. The molecule has 0 atom stereocenters. The van der Waals surface area contributed by atoms with Gasteiger partial charge in [-0.3, -0.25) is 0 Å². The van der Waals surface area contributed by atoms with Gasteiger partial charge in [0.05, 0.1) is 17.8 Å². The van der Waals surface area contributed by atoms with Crippen LogP contribution in [0.25, 0.3) is 0 Å². The quantitative estimate of drug-likeness (QED) is 0.897. The van der Waals surface area contributed by atoms with Crippen LogP contribution in [0.3, 0.4) is 0 Å². The first kappa shape index (κ1) is 12.7. The van der Waals surface area contributed by atoms with Crippen molar-refractivity contribution in [3.63, 3.8) is 0 Å². The minimum atomic E-state index is 0.489. The van der Waals surface area contributed by atoms with E-state index in [9.17, 15) is 0 Å².